The summed E-state index contributed by atoms with van der Waals surface area (Å²) < 4.78 is 5.51. The van der Waals surface area contributed by atoms with Gasteiger partial charge in [-0.25, -0.2) is 0 Å². The molecule has 116 valence electrons. The third kappa shape index (κ3) is 4.64. The molecule has 1 aliphatic heterocycles. The molecule has 1 saturated heterocycles. The van der Waals surface area contributed by atoms with Crippen LogP contribution in [0.15, 0.2) is 18.2 Å². The highest BCUT2D eigenvalue weighted by Gasteiger charge is 2.22. The smallest absolute Gasteiger partial charge is 0.275 e. The number of piperidine rings is 1. The molecule has 1 fully saturated rings. The van der Waals surface area contributed by atoms with Crippen molar-refractivity contribution >= 4 is 17.3 Å². The number of nitro benzene ring substituents is 1. The number of benzene rings is 1. The maximum atomic E-state index is 11.1. The van der Waals surface area contributed by atoms with Crippen LogP contribution in [0, 0.1) is 10.1 Å². The van der Waals surface area contributed by atoms with E-state index in [-0.39, 0.29) is 18.4 Å². The summed E-state index contributed by atoms with van der Waals surface area (Å²) in [5.41, 5.74) is 0.750. The van der Waals surface area contributed by atoms with E-state index in [2.05, 4.69) is 4.90 Å². The van der Waals surface area contributed by atoms with Gasteiger partial charge in [-0.1, -0.05) is 11.6 Å². The normalized spacial score (nSPS) is 17.0. The Kier molecular flexibility index (Phi) is 5.93. The number of ether oxygens (including phenoxy) is 1. The molecule has 1 heterocycles. The van der Waals surface area contributed by atoms with Crippen molar-refractivity contribution in [3.8, 4) is 0 Å². The fourth-order valence-electron chi connectivity index (χ4n) is 2.53. The second-order valence-corrected chi connectivity index (χ2v) is 5.54. The Bertz CT molecular complexity index is 490. The third-order valence-electron chi connectivity index (χ3n) is 3.62. The van der Waals surface area contributed by atoms with Gasteiger partial charge in [0.05, 0.1) is 24.2 Å². The van der Waals surface area contributed by atoms with Crippen LogP contribution in [0.2, 0.25) is 5.02 Å². The van der Waals surface area contributed by atoms with Crippen LogP contribution in [-0.4, -0.2) is 47.3 Å². The molecule has 0 spiro atoms. The molecule has 0 aliphatic carbocycles. The predicted molar refractivity (Wildman–Crippen MR) is 79.4 cm³/mol. The molecule has 1 aromatic rings. The summed E-state index contributed by atoms with van der Waals surface area (Å²) in [7, 11) is 0. The maximum Gasteiger partial charge on any atom is 0.275 e. The molecule has 1 N–H and O–H groups in total. The van der Waals surface area contributed by atoms with E-state index < -0.39 is 4.92 Å². The van der Waals surface area contributed by atoms with Gasteiger partial charge in [0.25, 0.3) is 5.69 Å². The second kappa shape index (κ2) is 7.70. The molecule has 1 aliphatic rings. The zero-order valence-electron chi connectivity index (χ0n) is 11.7. The van der Waals surface area contributed by atoms with Gasteiger partial charge in [-0.2, -0.15) is 0 Å². The van der Waals surface area contributed by atoms with Crippen LogP contribution in [0.4, 0.5) is 5.69 Å². The molecule has 1 aromatic carbocycles. The first-order valence-electron chi connectivity index (χ1n) is 6.98. The van der Waals surface area contributed by atoms with Crippen molar-refractivity contribution in [3.05, 3.63) is 38.9 Å². The number of aliphatic hydroxyl groups is 1. The fraction of sp³-hybridized carbons (Fsp3) is 0.571. The first kappa shape index (κ1) is 16.2. The Morgan fingerprint density at radius 3 is 2.76 bits per heavy atom. The second-order valence-electron chi connectivity index (χ2n) is 5.10. The quantitative estimate of drug-likeness (QED) is 0.643. The molecule has 6 nitrogen and oxygen atoms in total. The van der Waals surface area contributed by atoms with Crippen molar-refractivity contribution in [1.82, 2.24) is 4.90 Å². The van der Waals surface area contributed by atoms with Crippen LogP contribution in [-0.2, 0) is 11.3 Å². The van der Waals surface area contributed by atoms with E-state index in [0.717, 1.165) is 25.9 Å². The van der Waals surface area contributed by atoms with Crippen LogP contribution in [0.3, 0.4) is 0 Å². The number of rotatable bonds is 6. The van der Waals surface area contributed by atoms with E-state index in [4.69, 9.17) is 21.4 Å². The van der Waals surface area contributed by atoms with E-state index in [1.807, 2.05) is 0 Å². The Morgan fingerprint density at radius 2 is 2.14 bits per heavy atom. The number of aliphatic hydroxyl groups excluding tert-OH is 1. The molecule has 0 atom stereocenters. The highest BCUT2D eigenvalue weighted by atomic mass is 35.5. The molecule has 0 radical (unpaired) electrons. The number of hydrogen-bond donors (Lipinski definition) is 1. The zero-order chi connectivity index (χ0) is 15.2. The summed E-state index contributed by atoms with van der Waals surface area (Å²) in [6.07, 6.45) is 1.93. The summed E-state index contributed by atoms with van der Waals surface area (Å²) in [5.74, 6) is 0. The van der Waals surface area contributed by atoms with E-state index >= 15 is 0 Å². The van der Waals surface area contributed by atoms with Gasteiger partial charge in [0, 0.05) is 36.3 Å². The fourth-order valence-corrected chi connectivity index (χ4v) is 2.70. The molecule has 0 amide bonds. The highest BCUT2D eigenvalue weighted by Crippen LogP contribution is 2.25. The average molecular weight is 315 g/mol. The van der Waals surface area contributed by atoms with Gasteiger partial charge in [-0.05, 0) is 25.0 Å². The van der Waals surface area contributed by atoms with E-state index in [9.17, 15) is 10.1 Å². The highest BCUT2D eigenvalue weighted by molar-refractivity contribution is 6.30. The van der Waals surface area contributed by atoms with E-state index in [0.29, 0.717) is 23.7 Å². The van der Waals surface area contributed by atoms with E-state index in [1.54, 1.807) is 12.1 Å². The topological polar surface area (TPSA) is 75.8 Å². The van der Waals surface area contributed by atoms with Gasteiger partial charge in [-0.15, -0.1) is 0 Å². The molecule has 0 bridgehead atoms. The maximum absolute atomic E-state index is 11.1. The van der Waals surface area contributed by atoms with E-state index in [1.165, 1.54) is 6.07 Å². The predicted octanol–water partition coefficient (Wildman–Crippen LogP) is 2.22. The van der Waals surface area contributed by atoms with Gasteiger partial charge in [0.2, 0.25) is 0 Å². The van der Waals surface area contributed by atoms with Crippen molar-refractivity contribution in [2.24, 2.45) is 0 Å². The first-order valence-corrected chi connectivity index (χ1v) is 7.35. The monoisotopic (exact) mass is 314 g/mol. The minimum absolute atomic E-state index is 0.0389. The Hall–Kier alpha value is -1.21. The van der Waals surface area contributed by atoms with Crippen LogP contribution in [0.5, 0.6) is 0 Å². The standard InChI is InChI=1S/C14H19ClN2O4/c15-12-2-1-11(14(9-12)17(19)20)10-16-5-3-13(4-6-16)21-8-7-18/h1-2,9,13,18H,3-8,10H2. The van der Waals surface area contributed by atoms with Gasteiger partial charge in [0.15, 0.2) is 0 Å². The van der Waals surface area contributed by atoms with Crippen LogP contribution in [0.25, 0.3) is 0 Å². The first-order chi connectivity index (χ1) is 10.1. The van der Waals surface area contributed by atoms with Gasteiger partial charge in [-0.3, -0.25) is 15.0 Å². The number of nitrogens with zero attached hydrogens (tertiary/aromatic N) is 2. The molecule has 0 aromatic heterocycles. The zero-order valence-corrected chi connectivity index (χ0v) is 12.5. The van der Waals surface area contributed by atoms with Crippen molar-refractivity contribution in [1.29, 1.82) is 0 Å². The Labute approximate surface area is 128 Å². The lowest BCUT2D eigenvalue weighted by atomic mass is 10.1. The third-order valence-corrected chi connectivity index (χ3v) is 3.85. The van der Waals surface area contributed by atoms with Crippen molar-refractivity contribution < 1.29 is 14.8 Å². The summed E-state index contributed by atoms with van der Waals surface area (Å²) in [6, 6.07) is 4.80. The van der Waals surface area contributed by atoms with Crippen molar-refractivity contribution in [2.75, 3.05) is 26.3 Å². The Morgan fingerprint density at radius 1 is 1.43 bits per heavy atom. The van der Waals surface area contributed by atoms with Crippen molar-refractivity contribution in [2.45, 2.75) is 25.5 Å². The summed E-state index contributed by atoms with van der Waals surface area (Å²) >= 11 is 5.82. The lowest BCUT2D eigenvalue weighted by molar-refractivity contribution is -0.385. The number of nitro groups is 1. The molecule has 7 heteroatoms. The minimum atomic E-state index is -0.391. The molecule has 0 saturated carbocycles. The average Bonchev–Trinajstić information content (AvgIpc) is 2.48. The van der Waals surface area contributed by atoms with Gasteiger partial charge in [0.1, 0.15) is 0 Å². The lowest BCUT2D eigenvalue weighted by Crippen LogP contribution is -2.37. The Balaban J connectivity index is 1.93. The largest absolute Gasteiger partial charge is 0.394 e. The lowest BCUT2D eigenvalue weighted by Gasteiger charge is -2.31. The van der Waals surface area contributed by atoms with Crippen LogP contribution < -0.4 is 0 Å². The number of halogens is 1. The molecule has 0 unspecified atom stereocenters. The summed E-state index contributed by atoms with van der Waals surface area (Å²) in [5, 5.41) is 20.2. The molecular weight excluding hydrogens is 296 g/mol. The van der Waals surface area contributed by atoms with Crippen LogP contribution >= 0.6 is 11.6 Å². The number of hydrogen-bond acceptors (Lipinski definition) is 5. The van der Waals surface area contributed by atoms with Crippen molar-refractivity contribution in [3.63, 3.8) is 0 Å². The van der Waals surface area contributed by atoms with Gasteiger partial charge >= 0.3 is 0 Å². The molecule has 2 rings (SSSR count). The SMILES string of the molecule is O=[N+]([O-])c1cc(Cl)ccc1CN1CCC(OCCO)CC1. The van der Waals surface area contributed by atoms with Crippen LogP contribution in [0.1, 0.15) is 18.4 Å². The minimum Gasteiger partial charge on any atom is -0.394 e. The number of likely N-dealkylation sites (tertiary alicyclic amines) is 1. The summed E-state index contributed by atoms with van der Waals surface area (Å²) in [6.45, 7) is 2.61. The molecule has 21 heavy (non-hydrogen) atoms. The van der Waals surface area contributed by atoms with Gasteiger partial charge < -0.3 is 9.84 Å². The molecular formula is C14H19ClN2O4. The summed E-state index contributed by atoms with van der Waals surface area (Å²) in [4.78, 5) is 12.9.